The molecule has 5 heteroatoms. The molecule has 0 saturated carbocycles. The van der Waals surface area contributed by atoms with Crippen LogP contribution in [0.25, 0.3) is 0 Å². The Morgan fingerprint density at radius 1 is 1.20 bits per heavy atom. The van der Waals surface area contributed by atoms with Crippen molar-refractivity contribution in [2.45, 2.75) is 38.4 Å². The van der Waals surface area contributed by atoms with Gasteiger partial charge in [-0.05, 0) is 43.5 Å². The van der Waals surface area contributed by atoms with Gasteiger partial charge < -0.3 is 10.1 Å². The third-order valence-electron chi connectivity index (χ3n) is 4.45. The van der Waals surface area contributed by atoms with Crippen LogP contribution in [0.3, 0.4) is 0 Å². The lowest BCUT2D eigenvalue weighted by Crippen LogP contribution is -2.43. The summed E-state index contributed by atoms with van der Waals surface area (Å²) >= 11 is 0. The van der Waals surface area contributed by atoms with Gasteiger partial charge in [-0.15, -0.1) is 0 Å². The molecule has 3 N–H and O–H groups in total. The minimum absolute atomic E-state index is 0.000226. The van der Waals surface area contributed by atoms with Gasteiger partial charge in [0, 0.05) is 6.04 Å². The highest BCUT2D eigenvalue weighted by molar-refractivity contribution is 5.82. The van der Waals surface area contributed by atoms with Crippen LogP contribution in [-0.2, 0) is 4.79 Å². The van der Waals surface area contributed by atoms with Crippen molar-refractivity contribution in [3.05, 3.63) is 65.7 Å². The lowest BCUT2D eigenvalue weighted by Gasteiger charge is -2.18. The first-order valence-electron chi connectivity index (χ1n) is 8.76. The highest BCUT2D eigenvalue weighted by atomic mass is 16.5. The smallest absolute Gasteiger partial charge is 0.239 e. The fourth-order valence-corrected chi connectivity index (χ4v) is 3.07. The van der Waals surface area contributed by atoms with E-state index < -0.39 is 0 Å². The molecule has 1 aliphatic heterocycles. The molecule has 0 bridgehead atoms. The summed E-state index contributed by atoms with van der Waals surface area (Å²) in [7, 11) is 0. The highest BCUT2D eigenvalue weighted by Gasteiger charge is 2.30. The van der Waals surface area contributed by atoms with Crippen molar-refractivity contribution < 1.29 is 9.53 Å². The summed E-state index contributed by atoms with van der Waals surface area (Å²) in [5.74, 6) is 0.825. The fraction of sp³-hybridized carbons (Fsp3) is 0.350. The Morgan fingerprint density at radius 2 is 2.00 bits per heavy atom. The van der Waals surface area contributed by atoms with Gasteiger partial charge >= 0.3 is 0 Å². The highest BCUT2D eigenvalue weighted by Crippen LogP contribution is 2.23. The van der Waals surface area contributed by atoms with Crippen LogP contribution in [0.1, 0.15) is 43.5 Å². The number of rotatable bonds is 6. The predicted octanol–water partition coefficient (Wildman–Crippen LogP) is 2.87. The summed E-state index contributed by atoms with van der Waals surface area (Å²) in [5.41, 5.74) is 8.53. The molecule has 0 radical (unpaired) electrons. The maximum Gasteiger partial charge on any atom is 0.239 e. The van der Waals surface area contributed by atoms with Gasteiger partial charge in [0.15, 0.2) is 0 Å². The van der Waals surface area contributed by atoms with Crippen LogP contribution in [0.15, 0.2) is 54.6 Å². The molecule has 3 unspecified atom stereocenters. The molecule has 0 aromatic heterocycles. The van der Waals surface area contributed by atoms with Crippen LogP contribution in [0.2, 0.25) is 0 Å². The Hall–Kier alpha value is -2.37. The number of ether oxygens (including phenoxy) is 1. The van der Waals surface area contributed by atoms with Crippen molar-refractivity contribution in [2.75, 3.05) is 6.61 Å². The van der Waals surface area contributed by atoms with Gasteiger partial charge in [0.2, 0.25) is 5.91 Å². The molecule has 1 aliphatic rings. The summed E-state index contributed by atoms with van der Waals surface area (Å²) in [6.07, 6.45) is 0.724. The second-order valence-electron chi connectivity index (χ2n) is 6.28. The third kappa shape index (κ3) is 4.38. The number of carbonyl (C=O) groups is 1. The number of hydrazine groups is 1. The predicted molar refractivity (Wildman–Crippen MR) is 98.0 cm³/mol. The number of carbonyl (C=O) groups excluding carboxylic acids is 1. The normalized spacial score (nSPS) is 20.9. The molecule has 1 heterocycles. The standard InChI is InChI=1S/C20H25N3O2/c1-3-25-17-11-7-10-16(12-17)14(2)21-20(24)19-13-18(22-23-19)15-8-5-4-6-9-15/h4-12,14,18-19,22-23H,3,13H2,1-2H3,(H,21,24). The summed E-state index contributed by atoms with van der Waals surface area (Å²) in [6.45, 7) is 4.57. The molecule has 1 fully saturated rings. The first-order valence-corrected chi connectivity index (χ1v) is 8.76. The average Bonchev–Trinajstić information content (AvgIpc) is 3.13. The molecule has 0 spiro atoms. The van der Waals surface area contributed by atoms with Crippen LogP contribution in [0, 0.1) is 0 Å². The van der Waals surface area contributed by atoms with E-state index in [-0.39, 0.29) is 24.0 Å². The molecule has 2 aromatic carbocycles. The zero-order chi connectivity index (χ0) is 17.6. The summed E-state index contributed by atoms with van der Waals surface area (Å²) in [4.78, 5) is 12.6. The SMILES string of the molecule is CCOc1cccc(C(C)NC(=O)C2CC(c3ccccc3)NN2)c1. The quantitative estimate of drug-likeness (QED) is 0.757. The van der Waals surface area contributed by atoms with Crippen molar-refractivity contribution in [1.29, 1.82) is 0 Å². The Labute approximate surface area is 148 Å². The minimum Gasteiger partial charge on any atom is -0.494 e. The topological polar surface area (TPSA) is 62.4 Å². The molecule has 1 saturated heterocycles. The van der Waals surface area contributed by atoms with Crippen molar-refractivity contribution >= 4 is 5.91 Å². The van der Waals surface area contributed by atoms with Crippen LogP contribution >= 0.6 is 0 Å². The van der Waals surface area contributed by atoms with Crippen LogP contribution in [-0.4, -0.2) is 18.6 Å². The van der Waals surface area contributed by atoms with Crippen molar-refractivity contribution in [3.8, 4) is 5.75 Å². The Morgan fingerprint density at radius 3 is 2.76 bits per heavy atom. The molecule has 5 nitrogen and oxygen atoms in total. The first-order chi connectivity index (χ1) is 12.2. The third-order valence-corrected chi connectivity index (χ3v) is 4.45. The van der Waals surface area contributed by atoms with Crippen molar-refractivity contribution in [1.82, 2.24) is 16.2 Å². The van der Waals surface area contributed by atoms with Crippen LogP contribution in [0.4, 0.5) is 0 Å². The number of amides is 1. The van der Waals surface area contributed by atoms with Crippen molar-refractivity contribution in [2.24, 2.45) is 0 Å². The second kappa shape index (κ2) is 8.14. The minimum atomic E-state index is -0.247. The maximum atomic E-state index is 12.6. The van der Waals surface area contributed by atoms with Gasteiger partial charge in [-0.3, -0.25) is 4.79 Å². The largest absolute Gasteiger partial charge is 0.494 e. The lowest BCUT2D eigenvalue weighted by atomic mass is 10.0. The monoisotopic (exact) mass is 339 g/mol. The van der Waals surface area contributed by atoms with E-state index in [0.717, 1.165) is 17.7 Å². The van der Waals surface area contributed by atoms with Crippen LogP contribution in [0.5, 0.6) is 5.75 Å². The van der Waals surface area contributed by atoms with Gasteiger partial charge in [-0.25, -0.2) is 10.9 Å². The molecular formula is C20H25N3O2. The molecule has 1 amide bonds. The van der Waals surface area contributed by atoms with E-state index in [4.69, 9.17) is 4.74 Å². The Balaban J connectivity index is 1.58. The molecule has 132 valence electrons. The number of nitrogens with one attached hydrogen (secondary N) is 3. The zero-order valence-electron chi connectivity index (χ0n) is 14.7. The Bertz CT molecular complexity index is 705. The van der Waals surface area contributed by atoms with E-state index in [1.54, 1.807) is 0 Å². The van der Waals surface area contributed by atoms with E-state index in [0.29, 0.717) is 6.61 Å². The number of benzene rings is 2. The van der Waals surface area contributed by atoms with Crippen LogP contribution < -0.4 is 20.9 Å². The number of hydrogen-bond acceptors (Lipinski definition) is 4. The second-order valence-corrected chi connectivity index (χ2v) is 6.28. The van der Waals surface area contributed by atoms with E-state index in [1.165, 1.54) is 5.56 Å². The number of hydrogen-bond donors (Lipinski definition) is 3. The summed E-state index contributed by atoms with van der Waals surface area (Å²) in [5, 5.41) is 3.08. The first kappa shape index (κ1) is 17.5. The summed E-state index contributed by atoms with van der Waals surface area (Å²) in [6, 6.07) is 17.8. The van der Waals surface area contributed by atoms with E-state index >= 15 is 0 Å². The zero-order valence-corrected chi connectivity index (χ0v) is 14.7. The molecule has 3 rings (SSSR count). The van der Waals surface area contributed by atoms with Gasteiger partial charge in [-0.1, -0.05) is 42.5 Å². The Kier molecular flexibility index (Phi) is 5.68. The molecule has 25 heavy (non-hydrogen) atoms. The summed E-state index contributed by atoms with van der Waals surface area (Å²) < 4.78 is 5.53. The van der Waals surface area contributed by atoms with Gasteiger partial charge in [0.05, 0.1) is 12.6 Å². The van der Waals surface area contributed by atoms with Crippen molar-refractivity contribution in [3.63, 3.8) is 0 Å². The molecular weight excluding hydrogens is 314 g/mol. The lowest BCUT2D eigenvalue weighted by molar-refractivity contribution is -0.123. The van der Waals surface area contributed by atoms with Gasteiger partial charge in [-0.2, -0.15) is 0 Å². The van der Waals surface area contributed by atoms with E-state index in [1.807, 2.05) is 56.3 Å². The van der Waals surface area contributed by atoms with Gasteiger partial charge in [0.25, 0.3) is 0 Å². The fourth-order valence-electron chi connectivity index (χ4n) is 3.07. The molecule has 2 aromatic rings. The van der Waals surface area contributed by atoms with E-state index in [9.17, 15) is 4.79 Å². The molecule has 0 aliphatic carbocycles. The van der Waals surface area contributed by atoms with E-state index in [2.05, 4.69) is 28.3 Å². The average molecular weight is 339 g/mol. The maximum absolute atomic E-state index is 12.6. The molecule has 3 atom stereocenters. The van der Waals surface area contributed by atoms with Gasteiger partial charge in [0.1, 0.15) is 11.8 Å².